The highest BCUT2D eigenvalue weighted by Gasteiger charge is 2.43. The molecule has 2 aliphatic carbocycles. The molecule has 2 saturated carbocycles. The second kappa shape index (κ2) is 4.46. The molecule has 3 heteroatoms. The molecule has 0 saturated heterocycles. The molecule has 92 valence electrons. The molecule has 1 aromatic rings. The maximum absolute atomic E-state index is 6.23. The fourth-order valence-corrected chi connectivity index (χ4v) is 2.85. The van der Waals surface area contributed by atoms with Crippen LogP contribution >= 0.6 is 23.2 Å². The van der Waals surface area contributed by atoms with Gasteiger partial charge in [0.05, 0.1) is 0 Å². The minimum atomic E-state index is 0.428. The molecule has 3 rings (SSSR count). The smallest absolute Gasteiger partial charge is 0.0453 e. The molecule has 0 atom stereocenters. The zero-order chi connectivity index (χ0) is 11.9. The van der Waals surface area contributed by atoms with Crippen molar-refractivity contribution in [3.63, 3.8) is 0 Å². The molecule has 2 aliphatic rings. The van der Waals surface area contributed by atoms with Gasteiger partial charge in [-0.05, 0) is 55.2 Å². The third-order valence-electron chi connectivity index (χ3n) is 3.91. The highest BCUT2D eigenvalue weighted by atomic mass is 35.5. The average molecular weight is 270 g/mol. The molecule has 0 unspecified atom stereocenters. The van der Waals surface area contributed by atoms with Crippen LogP contribution in [0.5, 0.6) is 0 Å². The highest BCUT2D eigenvalue weighted by Crippen LogP contribution is 2.49. The van der Waals surface area contributed by atoms with E-state index < -0.39 is 0 Å². The van der Waals surface area contributed by atoms with Crippen LogP contribution in [0.1, 0.15) is 31.2 Å². The Bertz CT molecular complexity index is 402. The normalized spacial score (nSPS) is 21.5. The van der Waals surface area contributed by atoms with Gasteiger partial charge >= 0.3 is 0 Å². The van der Waals surface area contributed by atoms with E-state index in [9.17, 15) is 0 Å². The van der Waals surface area contributed by atoms with E-state index in [-0.39, 0.29) is 0 Å². The minimum Gasteiger partial charge on any atom is -0.313 e. The molecular formula is C14H17Cl2N. The molecule has 0 bridgehead atoms. The zero-order valence-electron chi connectivity index (χ0n) is 9.81. The van der Waals surface area contributed by atoms with E-state index in [2.05, 4.69) is 5.32 Å². The van der Waals surface area contributed by atoms with Crippen molar-refractivity contribution in [2.45, 2.75) is 38.1 Å². The van der Waals surface area contributed by atoms with Gasteiger partial charge < -0.3 is 5.32 Å². The van der Waals surface area contributed by atoms with Gasteiger partial charge in [-0.1, -0.05) is 29.3 Å². The lowest BCUT2D eigenvalue weighted by Gasteiger charge is -2.17. The third kappa shape index (κ3) is 2.78. The minimum absolute atomic E-state index is 0.428. The number of hydrogen-bond donors (Lipinski definition) is 1. The Kier molecular flexibility index (Phi) is 3.10. The summed E-state index contributed by atoms with van der Waals surface area (Å²) < 4.78 is 0. The van der Waals surface area contributed by atoms with Gasteiger partial charge in [-0.25, -0.2) is 0 Å². The van der Waals surface area contributed by atoms with Gasteiger partial charge in [-0.3, -0.25) is 0 Å². The summed E-state index contributed by atoms with van der Waals surface area (Å²) in [5, 5.41) is 5.26. The molecule has 0 spiro atoms. The third-order valence-corrected chi connectivity index (χ3v) is 4.62. The summed E-state index contributed by atoms with van der Waals surface area (Å²) >= 11 is 12.5. The predicted molar refractivity (Wildman–Crippen MR) is 72.9 cm³/mol. The molecular weight excluding hydrogens is 253 g/mol. The van der Waals surface area contributed by atoms with Crippen LogP contribution < -0.4 is 5.32 Å². The van der Waals surface area contributed by atoms with Crippen molar-refractivity contribution in [2.75, 3.05) is 6.54 Å². The first-order valence-electron chi connectivity index (χ1n) is 6.35. The van der Waals surface area contributed by atoms with E-state index in [1.165, 1.54) is 25.7 Å². The summed E-state index contributed by atoms with van der Waals surface area (Å²) in [5.41, 5.74) is 1.56. The lowest BCUT2D eigenvalue weighted by Crippen LogP contribution is -2.27. The molecule has 0 heterocycles. The van der Waals surface area contributed by atoms with Crippen molar-refractivity contribution < 1.29 is 0 Å². The van der Waals surface area contributed by atoms with Crippen molar-refractivity contribution in [1.29, 1.82) is 0 Å². The van der Waals surface area contributed by atoms with Crippen LogP contribution in [0.15, 0.2) is 18.2 Å². The first kappa shape index (κ1) is 11.8. The fraction of sp³-hybridized carbons (Fsp3) is 0.571. The number of rotatable bonds is 5. The Labute approximate surface area is 112 Å². The maximum Gasteiger partial charge on any atom is 0.0453 e. The standard InChI is InChI=1S/C14H17Cl2N/c15-12-2-1-3-13(16)11(12)8-14(6-7-14)9-17-10-4-5-10/h1-3,10,17H,4-9H2. The molecule has 0 aromatic heterocycles. The van der Waals surface area contributed by atoms with Crippen molar-refractivity contribution >= 4 is 23.2 Å². The first-order chi connectivity index (χ1) is 8.19. The molecule has 0 aliphatic heterocycles. The highest BCUT2D eigenvalue weighted by molar-refractivity contribution is 6.36. The largest absolute Gasteiger partial charge is 0.313 e. The van der Waals surface area contributed by atoms with Crippen molar-refractivity contribution in [2.24, 2.45) is 5.41 Å². The summed E-state index contributed by atoms with van der Waals surface area (Å²) in [4.78, 5) is 0. The number of nitrogens with one attached hydrogen (secondary N) is 1. The van der Waals surface area contributed by atoms with Gasteiger partial charge in [0.15, 0.2) is 0 Å². The SMILES string of the molecule is Clc1cccc(Cl)c1CC1(CNC2CC2)CC1. The summed E-state index contributed by atoms with van der Waals surface area (Å²) in [6, 6.07) is 6.57. The van der Waals surface area contributed by atoms with E-state index in [4.69, 9.17) is 23.2 Å². The van der Waals surface area contributed by atoms with Crippen LogP contribution in [0.3, 0.4) is 0 Å². The van der Waals surface area contributed by atoms with Crippen LogP contribution in [-0.2, 0) is 6.42 Å². The Morgan fingerprint density at radius 2 is 1.82 bits per heavy atom. The van der Waals surface area contributed by atoms with Crippen LogP contribution in [0, 0.1) is 5.41 Å². The summed E-state index contributed by atoms with van der Waals surface area (Å²) in [6.45, 7) is 1.12. The fourth-order valence-electron chi connectivity index (χ4n) is 2.32. The average Bonchev–Trinajstić information content (AvgIpc) is 3.17. The number of halogens is 2. The monoisotopic (exact) mass is 269 g/mol. The van der Waals surface area contributed by atoms with Gasteiger partial charge in [-0.15, -0.1) is 0 Å². The van der Waals surface area contributed by atoms with Crippen LogP contribution in [0.25, 0.3) is 0 Å². The van der Waals surface area contributed by atoms with Gasteiger partial charge in [0.1, 0.15) is 0 Å². The lowest BCUT2D eigenvalue weighted by atomic mass is 9.96. The van der Waals surface area contributed by atoms with Gasteiger partial charge in [-0.2, -0.15) is 0 Å². The van der Waals surface area contributed by atoms with Crippen LogP contribution in [-0.4, -0.2) is 12.6 Å². The maximum atomic E-state index is 6.23. The zero-order valence-corrected chi connectivity index (χ0v) is 11.3. The van der Waals surface area contributed by atoms with Crippen molar-refractivity contribution in [3.05, 3.63) is 33.8 Å². The summed E-state index contributed by atoms with van der Waals surface area (Å²) in [5.74, 6) is 0. The number of hydrogen-bond acceptors (Lipinski definition) is 1. The second-order valence-electron chi connectivity index (χ2n) is 5.53. The van der Waals surface area contributed by atoms with E-state index in [1.807, 2.05) is 18.2 Å². The van der Waals surface area contributed by atoms with Crippen molar-refractivity contribution in [3.8, 4) is 0 Å². The molecule has 0 radical (unpaired) electrons. The Morgan fingerprint density at radius 3 is 2.35 bits per heavy atom. The number of benzene rings is 1. The molecule has 2 fully saturated rings. The molecule has 1 aromatic carbocycles. The van der Waals surface area contributed by atoms with E-state index >= 15 is 0 Å². The van der Waals surface area contributed by atoms with Gasteiger partial charge in [0.25, 0.3) is 0 Å². The lowest BCUT2D eigenvalue weighted by molar-refractivity contribution is 0.453. The predicted octanol–water partition coefficient (Wildman–Crippen LogP) is 4.07. The van der Waals surface area contributed by atoms with Crippen LogP contribution in [0.2, 0.25) is 10.0 Å². The Morgan fingerprint density at radius 1 is 1.18 bits per heavy atom. The van der Waals surface area contributed by atoms with Crippen LogP contribution in [0.4, 0.5) is 0 Å². The van der Waals surface area contributed by atoms with E-state index in [1.54, 1.807) is 0 Å². The Hall–Kier alpha value is -0.240. The topological polar surface area (TPSA) is 12.0 Å². The first-order valence-corrected chi connectivity index (χ1v) is 7.10. The molecule has 1 nitrogen and oxygen atoms in total. The quantitative estimate of drug-likeness (QED) is 0.850. The summed E-state index contributed by atoms with van der Waals surface area (Å²) in [6.07, 6.45) is 6.32. The molecule has 17 heavy (non-hydrogen) atoms. The van der Waals surface area contributed by atoms with Gasteiger partial charge in [0, 0.05) is 22.6 Å². The summed E-state index contributed by atoms with van der Waals surface area (Å²) in [7, 11) is 0. The van der Waals surface area contributed by atoms with Gasteiger partial charge in [0.2, 0.25) is 0 Å². The molecule has 1 N–H and O–H groups in total. The van der Waals surface area contributed by atoms with Crippen molar-refractivity contribution in [1.82, 2.24) is 5.32 Å². The second-order valence-corrected chi connectivity index (χ2v) is 6.35. The Balaban J connectivity index is 1.68. The van der Waals surface area contributed by atoms with E-state index in [0.717, 1.165) is 34.6 Å². The molecule has 0 amide bonds. The van der Waals surface area contributed by atoms with E-state index in [0.29, 0.717) is 5.41 Å².